The largest absolute Gasteiger partial charge is 0.493 e. The second kappa shape index (κ2) is 8.29. The number of guanidine groups is 1. The van der Waals surface area contributed by atoms with E-state index in [0.29, 0.717) is 24.0 Å². The van der Waals surface area contributed by atoms with Crippen molar-refractivity contribution in [2.45, 2.75) is 13.0 Å². The third kappa shape index (κ3) is 4.39. The van der Waals surface area contributed by atoms with Crippen LogP contribution >= 0.6 is 11.3 Å². The minimum absolute atomic E-state index is 0.432. The normalized spacial score (nSPS) is 11.3. The summed E-state index contributed by atoms with van der Waals surface area (Å²) in [5, 5.41) is 5.19. The smallest absolute Gasteiger partial charge is 0.188 e. The molecule has 3 N–H and O–H groups in total. The van der Waals surface area contributed by atoms with Crippen LogP contribution in [0.2, 0.25) is 0 Å². The molecule has 5 nitrogen and oxygen atoms in total. The number of aliphatic imine (C=N–C) groups is 1. The highest BCUT2D eigenvalue weighted by molar-refractivity contribution is 7.09. The highest BCUT2D eigenvalue weighted by Crippen LogP contribution is 2.30. The molecule has 0 atom stereocenters. The van der Waals surface area contributed by atoms with Gasteiger partial charge in [0.15, 0.2) is 17.5 Å². The molecule has 0 spiro atoms. The van der Waals surface area contributed by atoms with Crippen molar-refractivity contribution in [3.63, 3.8) is 0 Å². The number of thiophene rings is 1. The van der Waals surface area contributed by atoms with Gasteiger partial charge in [-0.05, 0) is 23.9 Å². The molecule has 1 heterocycles. The van der Waals surface area contributed by atoms with E-state index in [1.807, 2.05) is 24.3 Å². The maximum Gasteiger partial charge on any atom is 0.188 e. The van der Waals surface area contributed by atoms with Gasteiger partial charge in [-0.2, -0.15) is 0 Å². The number of rotatable bonds is 7. The lowest BCUT2D eigenvalue weighted by Gasteiger charge is -2.11. The second-order valence-corrected chi connectivity index (χ2v) is 5.64. The lowest BCUT2D eigenvalue weighted by Crippen LogP contribution is -2.33. The summed E-state index contributed by atoms with van der Waals surface area (Å²) in [4.78, 5) is 5.68. The topological polar surface area (TPSA) is 68.9 Å². The maximum atomic E-state index is 5.89. The number of para-hydroxylation sites is 1. The Kier molecular flexibility index (Phi) is 6.09. The van der Waals surface area contributed by atoms with E-state index >= 15 is 0 Å². The first-order valence-corrected chi connectivity index (χ1v) is 7.88. The van der Waals surface area contributed by atoms with E-state index in [1.54, 1.807) is 25.6 Å². The fourth-order valence-corrected chi connectivity index (χ4v) is 2.78. The standard InChI is InChI=1S/C16H21N3O2S/c1-20-14-7-3-5-12(15(14)21-2)11-19-16(17)18-9-8-13-6-4-10-22-13/h3-7,10H,8-9,11H2,1-2H3,(H3,17,18,19). The van der Waals surface area contributed by atoms with E-state index in [9.17, 15) is 0 Å². The van der Waals surface area contributed by atoms with Crippen LogP contribution in [0.5, 0.6) is 11.5 Å². The highest BCUT2D eigenvalue weighted by Gasteiger charge is 2.08. The van der Waals surface area contributed by atoms with Gasteiger partial charge in [0, 0.05) is 17.0 Å². The van der Waals surface area contributed by atoms with E-state index in [0.717, 1.165) is 18.5 Å². The Morgan fingerprint density at radius 3 is 2.77 bits per heavy atom. The summed E-state index contributed by atoms with van der Waals surface area (Å²) in [5.41, 5.74) is 6.83. The van der Waals surface area contributed by atoms with E-state index < -0.39 is 0 Å². The summed E-state index contributed by atoms with van der Waals surface area (Å²) < 4.78 is 10.6. The molecule has 0 aliphatic heterocycles. The third-order valence-electron chi connectivity index (χ3n) is 3.16. The molecule has 0 saturated carbocycles. The van der Waals surface area contributed by atoms with E-state index in [1.165, 1.54) is 4.88 Å². The summed E-state index contributed by atoms with van der Waals surface area (Å²) in [6.07, 6.45) is 0.941. The fraction of sp³-hybridized carbons (Fsp3) is 0.312. The van der Waals surface area contributed by atoms with Gasteiger partial charge in [-0.3, -0.25) is 0 Å². The zero-order chi connectivity index (χ0) is 15.8. The first-order chi connectivity index (χ1) is 10.7. The molecule has 118 valence electrons. The van der Waals surface area contributed by atoms with Gasteiger partial charge in [0.1, 0.15) is 0 Å². The molecule has 2 aromatic rings. The van der Waals surface area contributed by atoms with Crippen LogP contribution in [-0.2, 0) is 13.0 Å². The molecule has 0 aliphatic carbocycles. The SMILES string of the molecule is COc1cccc(CN=C(N)NCCc2cccs2)c1OC. The summed E-state index contributed by atoms with van der Waals surface area (Å²) in [6.45, 7) is 1.21. The number of ether oxygens (including phenoxy) is 2. The van der Waals surface area contributed by atoms with Crippen molar-refractivity contribution in [1.29, 1.82) is 0 Å². The van der Waals surface area contributed by atoms with Gasteiger partial charge in [-0.15, -0.1) is 11.3 Å². The molecule has 0 radical (unpaired) electrons. The minimum atomic E-state index is 0.432. The minimum Gasteiger partial charge on any atom is -0.493 e. The lowest BCUT2D eigenvalue weighted by molar-refractivity contribution is 0.352. The van der Waals surface area contributed by atoms with Gasteiger partial charge in [0.05, 0.1) is 20.8 Å². The van der Waals surface area contributed by atoms with Crippen LogP contribution in [0.15, 0.2) is 40.7 Å². The van der Waals surface area contributed by atoms with Crippen LogP contribution in [0.1, 0.15) is 10.4 Å². The molecular weight excluding hydrogens is 298 g/mol. The Morgan fingerprint density at radius 1 is 1.23 bits per heavy atom. The average molecular weight is 319 g/mol. The molecule has 0 amide bonds. The maximum absolute atomic E-state index is 5.89. The summed E-state index contributed by atoms with van der Waals surface area (Å²) >= 11 is 1.74. The number of hydrogen-bond acceptors (Lipinski definition) is 4. The molecule has 0 aliphatic rings. The molecular formula is C16H21N3O2S. The number of hydrogen-bond donors (Lipinski definition) is 2. The van der Waals surface area contributed by atoms with Crippen LogP contribution in [0.25, 0.3) is 0 Å². The van der Waals surface area contributed by atoms with Crippen LogP contribution in [0, 0.1) is 0 Å². The van der Waals surface area contributed by atoms with Crippen LogP contribution in [-0.4, -0.2) is 26.7 Å². The highest BCUT2D eigenvalue weighted by atomic mass is 32.1. The molecule has 0 saturated heterocycles. The Balaban J connectivity index is 1.90. The van der Waals surface area contributed by atoms with Gasteiger partial charge in [-0.25, -0.2) is 4.99 Å². The Morgan fingerprint density at radius 2 is 2.09 bits per heavy atom. The molecule has 22 heavy (non-hydrogen) atoms. The van der Waals surface area contributed by atoms with Gasteiger partial charge >= 0.3 is 0 Å². The van der Waals surface area contributed by atoms with Crippen molar-refractivity contribution in [2.24, 2.45) is 10.7 Å². The van der Waals surface area contributed by atoms with Crippen molar-refractivity contribution in [1.82, 2.24) is 5.32 Å². The van der Waals surface area contributed by atoms with Gasteiger partial charge < -0.3 is 20.5 Å². The number of nitrogens with two attached hydrogens (primary N) is 1. The Bertz CT molecular complexity index is 612. The number of methoxy groups -OCH3 is 2. The van der Waals surface area contributed by atoms with Gasteiger partial charge in [-0.1, -0.05) is 18.2 Å². The average Bonchev–Trinajstić information content (AvgIpc) is 3.05. The van der Waals surface area contributed by atoms with Crippen molar-refractivity contribution in [3.05, 3.63) is 46.2 Å². The van der Waals surface area contributed by atoms with Crippen molar-refractivity contribution in [3.8, 4) is 11.5 Å². The zero-order valence-electron chi connectivity index (χ0n) is 12.8. The first-order valence-electron chi connectivity index (χ1n) is 7.00. The number of benzene rings is 1. The molecule has 0 bridgehead atoms. The van der Waals surface area contributed by atoms with Gasteiger partial charge in [0.2, 0.25) is 0 Å². The monoisotopic (exact) mass is 319 g/mol. The molecule has 1 aromatic heterocycles. The van der Waals surface area contributed by atoms with Crippen molar-refractivity contribution in [2.75, 3.05) is 20.8 Å². The molecule has 0 unspecified atom stereocenters. The van der Waals surface area contributed by atoms with Gasteiger partial charge in [0.25, 0.3) is 0 Å². The summed E-state index contributed by atoms with van der Waals surface area (Å²) in [5.74, 6) is 1.82. The molecule has 0 fully saturated rings. The van der Waals surface area contributed by atoms with E-state index in [2.05, 4.69) is 21.8 Å². The Labute approximate surface area is 134 Å². The predicted octanol–water partition coefficient (Wildman–Crippen LogP) is 2.41. The molecule has 2 rings (SSSR count). The second-order valence-electron chi connectivity index (χ2n) is 4.61. The van der Waals surface area contributed by atoms with E-state index in [-0.39, 0.29) is 0 Å². The zero-order valence-corrected chi connectivity index (χ0v) is 13.7. The Hall–Kier alpha value is -2.21. The quantitative estimate of drug-likeness (QED) is 0.607. The summed E-state index contributed by atoms with van der Waals surface area (Å²) in [6, 6.07) is 9.87. The lowest BCUT2D eigenvalue weighted by atomic mass is 10.2. The van der Waals surface area contributed by atoms with Crippen LogP contribution in [0.3, 0.4) is 0 Å². The number of nitrogens with one attached hydrogen (secondary N) is 1. The van der Waals surface area contributed by atoms with Crippen LogP contribution in [0.4, 0.5) is 0 Å². The molecule has 6 heteroatoms. The van der Waals surface area contributed by atoms with Crippen molar-refractivity contribution < 1.29 is 9.47 Å². The fourth-order valence-electron chi connectivity index (χ4n) is 2.07. The number of nitrogens with zero attached hydrogens (tertiary/aromatic N) is 1. The first kappa shape index (κ1) is 16.2. The summed E-state index contributed by atoms with van der Waals surface area (Å²) in [7, 11) is 3.24. The predicted molar refractivity (Wildman–Crippen MR) is 90.9 cm³/mol. The van der Waals surface area contributed by atoms with Crippen molar-refractivity contribution >= 4 is 17.3 Å². The third-order valence-corrected chi connectivity index (χ3v) is 4.10. The van der Waals surface area contributed by atoms with E-state index in [4.69, 9.17) is 15.2 Å². The van der Waals surface area contributed by atoms with Crippen LogP contribution < -0.4 is 20.5 Å². The molecule has 1 aromatic carbocycles.